The van der Waals surface area contributed by atoms with Crippen molar-refractivity contribution < 1.29 is 74.6 Å². The zero-order valence-corrected chi connectivity index (χ0v) is 30.9. The summed E-state index contributed by atoms with van der Waals surface area (Å²) in [7, 11) is 0. The third kappa shape index (κ3) is 24.8. The van der Waals surface area contributed by atoms with Crippen LogP contribution < -0.4 is 0 Å². The second-order valence-corrected chi connectivity index (χ2v) is 13.6. The van der Waals surface area contributed by atoms with E-state index in [0.717, 1.165) is 51.4 Å². The highest BCUT2D eigenvalue weighted by Crippen LogP contribution is 2.20. The minimum atomic E-state index is -1.92. The smallest absolute Gasteiger partial charge is 0.308 e. The molecule has 0 bridgehead atoms. The summed E-state index contributed by atoms with van der Waals surface area (Å²) >= 11 is 0. The van der Waals surface area contributed by atoms with Gasteiger partial charge in [0.2, 0.25) is 0 Å². The van der Waals surface area contributed by atoms with Crippen LogP contribution in [-0.2, 0) is 28.6 Å². The van der Waals surface area contributed by atoms with E-state index < -0.39 is 105 Å². The number of esters is 3. The molecule has 0 saturated carbocycles. The van der Waals surface area contributed by atoms with Crippen LogP contribution in [0.2, 0.25) is 0 Å². The number of carbonyl (C=O) groups is 3. The van der Waals surface area contributed by atoms with Crippen molar-refractivity contribution in [2.75, 3.05) is 13.2 Å². The number of unbranched alkanes of at least 4 members (excludes halogenated alkanes) is 6. The van der Waals surface area contributed by atoms with Gasteiger partial charge in [0.05, 0.1) is 50.3 Å². The molecule has 10 atom stereocenters. The maximum atomic E-state index is 12.8. The molecule has 0 aromatic heterocycles. The third-order valence-corrected chi connectivity index (χ3v) is 8.56. The van der Waals surface area contributed by atoms with Crippen LogP contribution in [0, 0.1) is 0 Å². The normalized spacial score (nSPS) is 17.6. The van der Waals surface area contributed by atoms with Crippen molar-refractivity contribution in [1.29, 1.82) is 0 Å². The molecule has 15 nitrogen and oxygen atoms in total. The number of aliphatic hydroxyl groups is 9. The number of ether oxygens (including phenoxy) is 3. The minimum Gasteiger partial charge on any atom is -0.463 e. The standard InChI is InChI=1S/C36H68O15/c1-4-7-10-13-24(38)16-25(39)20-33(45)50-29(15-12-9-6-3)18-27(41)21-34(46)51-28(14-11-8-5-2)17-26(40)19-32(44)49-23-31(43)36(48)35(47)30(42)22-37/h24-31,35-43,47-48H,4-23H2,1-3H3/t24-,25-,26+,27+,28+,29+,30-,31+,35-,36+/m1/s1. The first-order valence-corrected chi connectivity index (χ1v) is 18.8. The van der Waals surface area contributed by atoms with Gasteiger partial charge in [-0.25, -0.2) is 0 Å². The molecule has 0 aromatic carbocycles. The zero-order chi connectivity index (χ0) is 38.8. The summed E-state index contributed by atoms with van der Waals surface area (Å²) in [4.78, 5) is 37.7. The van der Waals surface area contributed by atoms with Crippen LogP contribution in [-0.4, -0.2) is 138 Å². The molecule has 0 amide bonds. The lowest BCUT2D eigenvalue weighted by molar-refractivity contribution is -0.159. The van der Waals surface area contributed by atoms with Crippen molar-refractivity contribution in [2.45, 2.75) is 197 Å². The highest BCUT2D eigenvalue weighted by atomic mass is 16.6. The van der Waals surface area contributed by atoms with E-state index in [1.54, 1.807) is 0 Å². The van der Waals surface area contributed by atoms with Gasteiger partial charge in [0.25, 0.3) is 0 Å². The quantitative estimate of drug-likeness (QED) is 0.0268. The van der Waals surface area contributed by atoms with Gasteiger partial charge in [-0.15, -0.1) is 0 Å². The van der Waals surface area contributed by atoms with Gasteiger partial charge >= 0.3 is 17.9 Å². The van der Waals surface area contributed by atoms with Gasteiger partial charge < -0.3 is 60.2 Å². The van der Waals surface area contributed by atoms with Crippen LogP contribution in [0.4, 0.5) is 0 Å². The predicted octanol–water partition coefficient (Wildman–Crippen LogP) is 1.31. The summed E-state index contributed by atoms with van der Waals surface area (Å²) in [6, 6.07) is 0. The topological polar surface area (TPSA) is 261 Å². The van der Waals surface area contributed by atoms with Crippen molar-refractivity contribution in [3.8, 4) is 0 Å². The summed E-state index contributed by atoms with van der Waals surface area (Å²) in [6.07, 6.45) is -5.43. The molecule has 0 rings (SSSR count). The number of rotatable bonds is 32. The summed E-state index contributed by atoms with van der Waals surface area (Å²) < 4.78 is 16.0. The van der Waals surface area contributed by atoms with Gasteiger partial charge in [0, 0.05) is 12.8 Å². The van der Waals surface area contributed by atoms with E-state index in [1.165, 1.54) is 0 Å². The molecule has 51 heavy (non-hydrogen) atoms. The minimum absolute atomic E-state index is 0.0359. The van der Waals surface area contributed by atoms with Crippen LogP contribution in [0.25, 0.3) is 0 Å². The molecular weight excluding hydrogens is 672 g/mol. The van der Waals surface area contributed by atoms with Gasteiger partial charge in [-0.2, -0.15) is 0 Å². The molecule has 0 aliphatic carbocycles. The Hall–Kier alpha value is -1.95. The molecule has 0 unspecified atom stereocenters. The second kappa shape index (κ2) is 29.5. The van der Waals surface area contributed by atoms with Gasteiger partial charge in [0.1, 0.15) is 43.2 Å². The lowest BCUT2D eigenvalue weighted by Crippen LogP contribution is -2.47. The van der Waals surface area contributed by atoms with Gasteiger partial charge in [-0.1, -0.05) is 65.7 Å². The van der Waals surface area contributed by atoms with Crippen molar-refractivity contribution in [3.63, 3.8) is 0 Å². The first-order chi connectivity index (χ1) is 24.2. The fourth-order valence-corrected chi connectivity index (χ4v) is 5.56. The lowest BCUT2D eigenvalue weighted by Gasteiger charge is -2.25. The Morgan fingerprint density at radius 2 is 0.882 bits per heavy atom. The molecule has 0 aromatic rings. The van der Waals surface area contributed by atoms with Crippen LogP contribution in [0.1, 0.15) is 136 Å². The predicted molar refractivity (Wildman–Crippen MR) is 186 cm³/mol. The summed E-state index contributed by atoms with van der Waals surface area (Å²) in [5.74, 6) is -2.35. The molecule has 0 heterocycles. The molecule has 0 spiro atoms. The number of hydrogen-bond acceptors (Lipinski definition) is 15. The van der Waals surface area contributed by atoms with Crippen LogP contribution in [0.5, 0.6) is 0 Å². The van der Waals surface area contributed by atoms with Crippen LogP contribution in [0.3, 0.4) is 0 Å². The van der Waals surface area contributed by atoms with E-state index in [0.29, 0.717) is 25.7 Å². The highest BCUT2D eigenvalue weighted by Gasteiger charge is 2.31. The summed E-state index contributed by atoms with van der Waals surface area (Å²) in [5, 5.41) is 89.5. The van der Waals surface area contributed by atoms with Crippen molar-refractivity contribution in [2.24, 2.45) is 0 Å². The Bertz CT molecular complexity index is 906. The van der Waals surface area contributed by atoms with E-state index in [9.17, 15) is 55.2 Å². The second-order valence-electron chi connectivity index (χ2n) is 13.6. The molecule has 0 aliphatic heterocycles. The van der Waals surface area contributed by atoms with E-state index in [2.05, 4.69) is 0 Å². The van der Waals surface area contributed by atoms with Crippen molar-refractivity contribution in [1.82, 2.24) is 0 Å². The Morgan fingerprint density at radius 1 is 0.490 bits per heavy atom. The fraction of sp³-hybridized carbons (Fsp3) is 0.917. The average Bonchev–Trinajstić information content (AvgIpc) is 3.05. The first-order valence-electron chi connectivity index (χ1n) is 18.8. The van der Waals surface area contributed by atoms with Crippen molar-refractivity contribution >= 4 is 17.9 Å². The van der Waals surface area contributed by atoms with E-state index in [1.807, 2.05) is 20.8 Å². The van der Waals surface area contributed by atoms with Gasteiger partial charge in [0.15, 0.2) is 0 Å². The third-order valence-electron chi connectivity index (χ3n) is 8.56. The van der Waals surface area contributed by atoms with Crippen LogP contribution in [0.15, 0.2) is 0 Å². The van der Waals surface area contributed by atoms with Gasteiger partial charge in [-0.05, 0) is 38.5 Å². The summed E-state index contributed by atoms with van der Waals surface area (Å²) in [5.41, 5.74) is 0. The van der Waals surface area contributed by atoms with E-state index in [-0.39, 0.29) is 25.7 Å². The Labute approximate surface area is 302 Å². The zero-order valence-electron chi connectivity index (χ0n) is 30.9. The highest BCUT2D eigenvalue weighted by molar-refractivity contribution is 5.71. The molecule has 0 fully saturated rings. The fourth-order valence-electron chi connectivity index (χ4n) is 5.56. The Kier molecular flexibility index (Phi) is 28.4. The first kappa shape index (κ1) is 49.0. The number of aliphatic hydroxyl groups excluding tert-OH is 9. The number of carbonyl (C=O) groups excluding carboxylic acids is 3. The molecular formula is C36H68O15. The Balaban J connectivity index is 5.08. The van der Waals surface area contributed by atoms with E-state index >= 15 is 0 Å². The molecule has 302 valence electrons. The van der Waals surface area contributed by atoms with Crippen LogP contribution >= 0.6 is 0 Å². The lowest BCUT2D eigenvalue weighted by atomic mass is 10.0. The maximum Gasteiger partial charge on any atom is 0.308 e. The summed E-state index contributed by atoms with van der Waals surface area (Å²) in [6.45, 7) is 4.43. The maximum absolute atomic E-state index is 12.8. The molecule has 9 N–H and O–H groups in total. The Morgan fingerprint density at radius 3 is 1.31 bits per heavy atom. The van der Waals surface area contributed by atoms with E-state index in [4.69, 9.17) is 19.3 Å². The average molecular weight is 741 g/mol. The molecule has 0 radical (unpaired) electrons. The molecule has 0 aliphatic rings. The monoisotopic (exact) mass is 740 g/mol. The van der Waals surface area contributed by atoms with Gasteiger partial charge in [-0.3, -0.25) is 14.4 Å². The molecule has 0 saturated heterocycles. The SMILES string of the molecule is CCCCC[C@@H](O)C[C@@H](O)CC(=O)O[C@@H](CCCCC)C[C@H](O)CC(=O)O[C@@H](CCCCC)C[C@H](O)CC(=O)OC[C@H](O)[C@H](O)[C@H](O)[C@H](O)CO. The van der Waals surface area contributed by atoms with Crippen molar-refractivity contribution in [3.05, 3.63) is 0 Å². The molecule has 15 heteroatoms. The largest absolute Gasteiger partial charge is 0.463 e. The number of hydrogen-bond donors (Lipinski definition) is 9.